The minimum absolute atomic E-state index is 0.124. The number of hydrogen-bond acceptors (Lipinski definition) is 4. The highest BCUT2D eigenvalue weighted by Gasteiger charge is 2.12. The maximum atomic E-state index is 5.75. The van der Waals surface area contributed by atoms with Gasteiger partial charge in [-0.1, -0.05) is 6.07 Å². The Morgan fingerprint density at radius 1 is 0.944 bits per heavy atom. The number of rotatable bonds is 2. The molecule has 0 unspecified atom stereocenters. The molecule has 1 aromatic carbocycles. The van der Waals surface area contributed by atoms with E-state index in [1.54, 1.807) is 0 Å². The molecule has 0 N–H and O–H groups in total. The summed E-state index contributed by atoms with van der Waals surface area (Å²) in [7, 11) is 0. The molecule has 18 heavy (non-hydrogen) atoms. The van der Waals surface area contributed by atoms with Crippen LogP contribution in [0.1, 0.15) is 17.5 Å². The second-order valence-corrected chi connectivity index (χ2v) is 5.76. The van der Waals surface area contributed by atoms with Gasteiger partial charge in [-0.3, -0.25) is 0 Å². The van der Waals surface area contributed by atoms with Crippen molar-refractivity contribution in [3.05, 3.63) is 39.9 Å². The Balaban J connectivity index is 1.88. The van der Waals surface area contributed by atoms with Gasteiger partial charge in [0.15, 0.2) is 5.16 Å². The summed E-state index contributed by atoms with van der Waals surface area (Å²) < 4.78 is 0. The molecule has 2 aromatic rings. The third-order valence-corrected chi connectivity index (χ3v) is 4.03. The predicted molar refractivity (Wildman–Crippen MR) is 72.4 cm³/mol. The van der Waals surface area contributed by atoms with E-state index < -0.39 is 0 Å². The van der Waals surface area contributed by atoms with Crippen molar-refractivity contribution in [2.24, 2.45) is 0 Å². The summed E-state index contributed by atoms with van der Waals surface area (Å²) in [5, 5.41) is 0.773. The largest absolute Gasteiger partial charge is 0.227 e. The minimum Gasteiger partial charge on any atom is -0.191 e. The van der Waals surface area contributed by atoms with Crippen LogP contribution in [0, 0.1) is 0 Å². The highest BCUT2D eigenvalue weighted by molar-refractivity contribution is 7.99. The molecule has 0 spiro atoms. The Bertz CT molecular complexity index is 584. The number of benzene rings is 1. The van der Waals surface area contributed by atoms with Gasteiger partial charge in [-0.15, -0.1) is 0 Å². The Hall–Kier alpha value is -0.840. The fourth-order valence-electron chi connectivity index (χ4n) is 2.07. The minimum atomic E-state index is 0.124. The van der Waals surface area contributed by atoms with Crippen LogP contribution in [0.4, 0.5) is 0 Å². The van der Waals surface area contributed by atoms with Gasteiger partial charge in [0.1, 0.15) is 0 Å². The molecule has 3 nitrogen and oxygen atoms in total. The van der Waals surface area contributed by atoms with Crippen molar-refractivity contribution in [3.63, 3.8) is 0 Å². The van der Waals surface area contributed by atoms with Gasteiger partial charge < -0.3 is 0 Å². The lowest BCUT2D eigenvalue weighted by Gasteiger charge is -2.04. The normalized spacial score (nSPS) is 13.7. The van der Waals surface area contributed by atoms with Gasteiger partial charge >= 0.3 is 0 Å². The van der Waals surface area contributed by atoms with Crippen molar-refractivity contribution < 1.29 is 0 Å². The van der Waals surface area contributed by atoms with Crippen LogP contribution < -0.4 is 0 Å². The average molecular weight is 298 g/mol. The van der Waals surface area contributed by atoms with E-state index in [1.807, 2.05) is 0 Å². The maximum absolute atomic E-state index is 5.75. The van der Waals surface area contributed by atoms with E-state index in [4.69, 9.17) is 23.2 Å². The molecule has 92 valence electrons. The molecule has 0 saturated heterocycles. The highest BCUT2D eigenvalue weighted by atomic mass is 35.5. The monoisotopic (exact) mass is 297 g/mol. The van der Waals surface area contributed by atoms with Crippen LogP contribution >= 0.6 is 35.0 Å². The molecule has 0 fully saturated rings. The number of fused-ring (bicyclic) bond motifs is 1. The van der Waals surface area contributed by atoms with Crippen LogP contribution in [0.15, 0.2) is 28.3 Å². The van der Waals surface area contributed by atoms with Crippen LogP contribution in [0.5, 0.6) is 0 Å². The van der Waals surface area contributed by atoms with Crippen LogP contribution in [0.25, 0.3) is 0 Å². The third kappa shape index (κ3) is 2.60. The standard InChI is InChI=1S/C12H9Cl2N3S/c13-10-15-11(14)17-12(16-10)18-9-5-4-7-2-1-3-8(7)6-9/h4-6H,1-3H2. The first-order valence-electron chi connectivity index (χ1n) is 5.57. The van der Waals surface area contributed by atoms with Crippen molar-refractivity contribution in [2.45, 2.75) is 29.3 Å². The van der Waals surface area contributed by atoms with Crippen molar-refractivity contribution >= 4 is 35.0 Å². The molecule has 0 bridgehead atoms. The summed E-state index contributed by atoms with van der Waals surface area (Å²) in [6.07, 6.45) is 3.58. The molecular weight excluding hydrogens is 289 g/mol. The summed E-state index contributed by atoms with van der Waals surface area (Å²) in [6, 6.07) is 6.45. The van der Waals surface area contributed by atoms with E-state index in [-0.39, 0.29) is 10.6 Å². The molecule has 1 aliphatic rings. The van der Waals surface area contributed by atoms with Crippen molar-refractivity contribution in [2.75, 3.05) is 0 Å². The Morgan fingerprint density at radius 3 is 2.44 bits per heavy atom. The van der Waals surface area contributed by atoms with Crippen molar-refractivity contribution in [1.82, 2.24) is 15.0 Å². The molecule has 0 atom stereocenters. The maximum Gasteiger partial charge on any atom is 0.227 e. The first-order valence-corrected chi connectivity index (χ1v) is 7.15. The summed E-state index contributed by atoms with van der Waals surface area (Å²) in [5.74, 6) is 0. The van der Waals surface area contributed by atoms with Crippen molar-refractivity contribution in [1.29, 1.82) is 0 Å². The first-order chi connectivity index (χ1) is 8.70. The lowest BCUT2D eigenvalue weighted by Crippen LogP contribution is -1.92. The Labute approximate surface area is 119 Å². The lowest BCUT2D eigenvalue weighted by atomic mass is 10.1. The second kappa shape index (κ2) is 5.03. The third-order valence-electron chi connectivity index (χ3n) is 2.84. The zero-order valence-corrected chi connectivity index (χ0v) is 11.7. The van der Waals surface area contributed by atoms with E-state index in [0.29, 0.717) is 5.16 Å². The van der Waals surface area contributed by atoms with E-state index in [0.717, 1.165) is 11.3 Å². The fraction of sp³-hybridized carbons (Fsp3) is 0.250. The summed E-state index contributed by atoms with van der Waals surface area (Å²) in [5.41, 5.74) is 2.87. The first kappa shape index (κ1) is 12.2. The van der Waals surface area contributed by atoms with Gasteiger partial charge in [-0.05, 0) is 77.5 Å². The molecule has 3 rings (SSSR count). The molecule has 1 heterocycles. The second-order valence-electron chi connectivity index (χ2n) is 4.04. The summed E-state index contributed by atoms with van der Waals surface area (Å²) in [6.45, 7) is 0. The molecular formula is C12H9Cl2N3S. The van der Waals surface area contributed by atoms with Crippen molar-refractivity contribution in [3.8, 4) is 0 Å². The highest BCUT2D eigenvalue weighted by Crippen LogP contribution is 2.30. The topological polar surface area (TPSA) is 38.7 Å². The number of nitrogens with zero attached hydrogens (tertiary/aromatic N) is 3. The molecule has 6 heteroatoms. The van der Waals surface area contributed by atoms with E-state index >= 15 is 0 Å². The van der Waals surface area contributed by atoms with Gasteiger partial charge in [0.2, 0.25) is 10.6 Å². The van der Waals surface area contributed by atoms with Gasteiger partial charge in [0.05, 0.1) is 0 Å². The van der Waals surface area contributed by atoms with E-state index in [1.165, 1.54) is 35.7 Å². The molecule has 0 saturated carbocycles. The predicted octanol–water partition coefficient (Wildman–Crippen LogP) is 3.82. The number of halogens is 2. The zero-order valence-electron chi connectivity index (χ0n) is 9.36. The van der Waals surface area contributed by atoms with Gasteiger partial charge in [0.25, 0.3) is 0 Å². The molecule has 0 aliphatic heterocycles. The quantitative estimate of drug-likeness (QED) is 0.845. The van der Waals surface area contributed by atoms with E-state index in [9.17, 15) is 0 Å². The summed E-state index contributed by atoms with van der Waals surface area (Å²) in [4.78, 5) is 12.9. The van der Waals surface area contributed by atoms with Crippen LogP contribution in [0.2, 0.25) is 10.6 Å². The summed E-state index contributed by atoms with van der Waals surface area (Å²) >= 11 is 13.0. The number of aryl methyl sites for hydroxylation is 2. The molecule has 1 aliphatic carbocycles. The van der Waals surface area contributed by atoms with Crippen LogP contribution in [-0.2, 0) is 12.8 Å². The van der Waals surface area contributed by atoms with Crippen LogP contribution in [-0.4, -0.2) is 15.0 Å². The lowest BCUT2D eigenvalue weighted by molar-refractivity contribution is 0.903. The van der Waals surface area contributed by atoms with Gasteiger partial charge in [-0.2, -0.15) is 15.0 Å². The van der Waals surface area contributed by atoms with Crippen LogP contribution in [0.3, 0.4) is 0 Å². The average Bonchev–Trinajstić information content (AvgIpc) is 2.74. The number of aromatic nitrogens is 3. The smallest absolute Gasteiger partial charge is 0.191 e. The Morgan fingerprint density at radius 2 is 1.67 bits per heavy atom. The van der Waals surface area contributed by atoms with Gasteiger partial charge in [-0.25, -0.2) is 0 Å². The Kier molecular flexibility index (Phi) is 3.41. The molecule has 1 aromatic heterocycles. The fourth-order valence-corrected chi connectivity index (χ4v) is 3.35. The number of hydrogen-bond donors (Lipinski definition) is 0. The SMILES string of the molecule is Clc1nc(Cl)nc(Sc2ccc3c(c2)CCC3)n1. The molecule has 0 amide bonds. The van der Waals surface area contributed by atoms with Gasteiger partial charge in [0, 0.05) is 4.90 Å². The van der Waals surface area contributed by atoms with E-state index in [2.05, 4.69) is 33.2 Å². The molecule has 0 radical (unpaired) electrons. The zero-order chi connectivity index (χ0) is 12.5.